The molecule has 7 aromatic carbocycles. The third kappa shape index (κ3) is 3.82. The molecule has 0 amide bonds. The number of benzene rings is 7. The first kappa shape index (κ1) is 25.9. The van der Waals surface area contributed by atoms with Crippen LogP contribution in [0, 0.1) is 0 Å². The van der Waals surface area contributed by atoms with Gasteiger partial charge in [-0.05, 0) is 82.2 Å². The molecule has 0 fully saturated rings. The first-order valence-corrected chi connectivity index (χ1v) is 15.7. The maximum Gasteiger partial charge on any atom is 0.0619 e. The van der Waals surface area contributed by atoms with Gasteiger partial charge in [0, 0.05) is 44.3 Å². The Bertz CT molecular complexity index is 2360. The number of rotatable bonds is 4. The molecule has 2 nitrogen and oxygen atoms in total. The molecule has 1 aliphatic carbocycles. The highest BCUT2D eigenvalue weighted by atomic mass is 15.1. The van der Waals surface area contributed by atoms with Crippen molar-refractivity contribution in [1.82, 2.24) is 4.57 Å². The SMILES string of the molecule is CC1(C)c2cc(N(c3ccccc3)c3ccccc3)ccc2-c2ccc(-n3c4ccccc4c4ccc5ccccc5c43)cc21. The monoisotopic (exact) mass is 576 g/mol. The van der Waals surface area contributed by atoms with Crippen molar-refractivity contribution in [2.24, 2.45) is 0 Å². The molecule has 0 unspecified atom stereocenters. The van der Waals surface area contributed by atoms with E-state index in [1.54, 1.807) is 0 Å². The first-order valence-electron chi connectivity index (χ1n) is 15.7. The van der Waals surface area contributed by atoms with E-state index in [2.05, 4.69) is 181 Å². The van der Waals surface area contributed by atoms with Crippen molar-refractivity contribution in [3.05, 3.63) is 169 Å². The summed E-state index contributed by atoms with van der Waals surface area (Å²) >= 11 is 0. The molecule has 0 atom stereocenters. The minimum Gasteiger partial charge on any atom is -0.310 e. The van der Waals surface area contributed by atoms with Crippen molar-refractivity contribution >= 4 is 49.6 Å². The Morgan fingerprint density at radius 3 is 1.80 bits per heavy atom. The van der Waals surface area contributed by atoms with E-state index in [0.717, 1.165) is 11.4 Å². The summed E-state index contributed by atoms with van der Waals surface area (Å²) in [5, 5.41) is 5.12. The van der Waals surface area contributed by atoms with E-state index >= 15 is 0 Å². The lowest BCUT2D eigenvalue weighted by atomic mass is 9.82. The summed E-state index contributed by atoms with van der Waals surface area (Å²) < 4.78 is 2.48. The summed E-state index contributed by atoms with van der Waals surface area (Å²) in [4.78, 5) is 2.36. The lowest BCUT2D eigenvalue weighted by Gasteiger charge is -2.28. The van der Waals surface area contributed by atoms with Crippen LogP contribution < -0.4 is 4.90 Å². The van der Waals surface area contributed by atoms with E-state index in [4.69, 9.17) is 0 Å². The Kier molecular flexibility index (Phi) is 5.58. The van der Waals surface area contributed by atoms with Crippen LogP contribution in [-0.2, 0) is 5.41 Å². The van der Waals surface area contributed by atoms with Crippen molar-refractivity contribution in [3.63, 3.8) is 0 Å². The summed E-state index contributed by atoms with van der Waals surface area (Å²) in [6.45, 7) is 4.75. The molecule has 1 aromatic heterocycles. The Labute approximate surface area is 263 Å². The predicted octanol–water partition coefficient (Wildman–Crippen LogP) is 11.7. The van der Waals surface area contributed by atoms with E-state index < -0.39 is 0 Å². The smallest absolute Gasteiger partial charge is 0.0619 e. The zero-order chi connectivity index (χ0) is 30.1. The quantitative estimate of drug-likeness (QED) is 0.202. The molecule has 0 radical (unpaired) electrons. The van der Waals surface area contributed by atoms with Gasteiger partial charge in [0.25, 0.3) is 0 Å². The van der Waals surface area contributed by atoms with Gasteiger partial charge in [-0.15, -0.1) is 0 Å². The second-order valence-corrected chi connectivity index (χ2v) is 12.6. The van der Waals surface area contributed by atoms with Crippen molar-refractivity contribution in [3.8, 4) is 16.8 Å². The topological polar surface area (TPSA) is 8.17 Å². The van der Waals surface area contributed by atoms with Crippen LogP contribution in [0.2, 0.25) is 0 Å². The molecule has 0 saturated heterocycles. The fourth-order valence-corrected chi connectivity index (χ4v) is 7.59. The maximum atomic E-state index is 2.48. The van der Waals surface area contributed by atoms with Crippen molar-refractivity contribution in [1.29, 1.82) is 0 Å². The van der Waals surface area contributed by atoms with Crippen LogP contribution in [0.4, 0.5) is 17.1 Å². The lowest BCUT2D eigenvalue weighted by molar-refractivity contribution is 0.660. The minimum atomic E-state index is -0.170. The van der Waals surface area contributed by atoms with Crippen LogP contribution in [-0.4, -0.2) is 4.57 Å². The number of anilines is 3. The van der Waals surface area contributed by atoms with E-state index in [0.29, 0.717) is 0 Å². The average molecular weight is 577 g/mol. The number of fused-ring (bicyclic) bond motifs is 8. The molecular formula is C43H32N2. The number of hydrogen-bond acceptors (Lipinski definition) is 1. The van der Waals surface area contributed by atoms with Gasteiger partial charge in [-0.2, -0.15) is 0 Å². The standard InChI is InChI=1S/C43H32N2/c1-43(2)39-27-32(44(30-14-5-3-6-15-30)31-16-7-4-8-17-31)22-25-35(39)36-26-23-33(28-40(36)43)45-41-20-12-11-19-37(41)38-24-21-29-13-9-10-18-34(29)42(38)45/h3-28H,1-2H3. The van der Waals surface area contributed by atoms with Crippen LogP contribution >= 0.6 is 0 Å². The summed E-state index contributed by atoms with van der Waals surface area (Å²) in [6.07, 6.45) is 0. The van der Waals surface area contributed by atoms with Crippen molar-refractivity contribution < 1.29 is 0 Å². The molecule has 9 rings (SSSR count). The van der Waals surface area contributed by atoms with Crippen LogP contribution in [0.25, 0.3) is 49.4 Å². The number of hydrogen-bond donors (Lipinski definition) is 0. The van der Waals surface area contributed by atoms with Gasteiger partial charge in [0.2, 0.25) is 0 Å². The molecular weight excluding hydrogens is 544 g/mol. The fraction of sp³-hybridized carbons (Fsp3) is 0.0698. The largest absolute Gasteiger partial charge is 0.310 e. The highest BCUT2D eigenvalue weighted by Crippen LogP contribution is 2.51. The van der Waals surface area contributed by atoms with Crippen molar-refractivity contribution in [2.45, 2.75) is 19.3 Å². The van der Waals surface area contributed by atoms with Gasteiger partial charge in [-0.25, -0.2) is 0 Å². The third-order valence-electron chi connectivity index (χ3n) is 9.75. The zero-order valence-electron chi connectivity index (χ0n) is 25.4. The molecule has 0 spiro atoms. The summed E-state index contributed by atoms with van der Waals surface area (Å²) in [6, 6.07) is 57.5. The van der Waals surface area contributed by atoms with E-state index in [1.807, 2.05) is 0 Å². The summed E-state index contributed by atoms with van der Waals surface area (Å²) in [7, 11) is 0. The highest BCUT2D eigenvalue weighted by Gasteiger charge is 2.36. The number of nitrogens with zero attached hydrogens (tertiary/aromatic N) is 2. The van der Waals surface area contributed by atoms with Gasteiger partial charge >= 0.3 is 0 Å². The van der Waals surface area contributed by atoms with E-state index in [9.17, 15) is 0 Å². The molecule has 214 valence electrons. The summed E-state index contributed by atoms with van der Waals surface area (Å²) in [5.41, 5.74) is 12.4. The van der Waals surface area contributed by atoms with Gasteiger partial charge in [-0.1, -0.05) is 117 Å². The Hall–Kier alpha value is -5.60. The van der Waals surface area contributed by atoms with Crippen LogP contribution in [0.5, 0.6) is 0 Å². The first-order chi connectivity index (χ1) is 22.1. The normalized spacial score (nSPS) is 13.3. The molecule has 0 saturated carbocycles. The number of aromatic nitrogens is 1. The van der Waals surface area contributed by atoms with Gasteiger partial charge in [0.05, 0.1) is 11.0 Å². The zero-order valence-corrected chi connectivity index (χ0v) is 25.4. The second kappa shape index (κ2) is 9.70. The van der Waals surface area contributed by atoms with Crippen LogP contribution in [0.3, 0.4) is 0 Å². The number of para-hydroxylation sites is 3. The van der Waals surface area contributed by atoms with E-state index in [-0.39, 0.29) is 5.41 Å². The van der Waals surface area contributed by atoms with Gasteiger partial charge < -0.3 is 9.47 Å². The molecule has 1 aliphatic rings. The molecule has 45 heavy (non-hydrogen) atoms. The van der Waals surface area contributed by atoms with Crippen LogP contribution in [0.1, 0.15) is 25.0 Å². The maximum absolute atomic E-state index is 2.48. The molecule has 8 aromatic rings. The average Bonchev–Trinajstić information content (AvgIpc) is 3.55. The van der Waals surface area contributed by atoms with Gasteiger partial charge in [-0.3, -0.25) is 0 Å². The Balaban J connectivity index is 1.23. The molecule has 0 bridgehead atoms. The van der Waals surface area contributed by atoms with Crippen LogP contribution in [0.15, 0.2) is 158 Å². The minimum absolute atomic E-state index is 0.170. The van der Waals surface area contributed by atoms with Gasteiger partial charge in [0.15, 0.2) is 0 Å². The third-order valence-corrected chi connectivity index (χ3v) is 9.75. The predicted molar refractivity (Wildman–Crippen MR) is 191 cm³/mol. The van der Waals surface area contributed by atoms with Gasteiger partial charge in [0.1, 0.15) is 0 Å². The molecule has 2 heteroatoms. The highest BCUT2D eigenvalue weighted by molar-refractivity contribution is 6.18. The Morgan fingerprint density at radius 2 is 1.07 bits per heavy atom. The van der Waals surface area contributed by atoms with Crippen molar-refractivity contribution in [2.75, 3.05) is 4.90 Å². The molecule has 0 aliphatic heterocycles. The summed E-state index contributed by atoms with van der Waals surface area (Å²) in [5.74, 6) is 0. The molecule has 1 heterocycles. The fourth-order valence-electron chi connectivity index (χ4n) is 7.59. The lowest BCUT2D eigenvalue weighted by Crippen LogP contribution is -2.17. The van der Waals surface area contributed by atoms with E-state index in [1.165, 1.54) is 66.2 Å². The second-order valence-electron chi connectivity index (χ2n) is 12.6. The Morgan fingerprint density at radius 1 is 0.467 bits per heavy atom. The molecule has 0 N–H and O–H groups in total.